The molecule has 0 amide bonds. The van der Waals surface area contributed by atoms with E-state index in [2.05, 4.69) is 11.3 Å². The Bertz CT molecular complexity index is 205. The smallest absolute Gasteiger partial charge is 0.870 e. The van der Waals surface area contributed by atoms with Gasteiger partial charge in [0, 0.05) is 5.57 Å². The van der Waals surface area contributed by atoms with Gasteiger partial charge in [-0.2, -0.15) is 0 Å². The van der Waals surface area contributed by atoms with Crippen LogP contribution >= 0.6 is 0 Å². The minimum absolute atomic E-state index is 0. The van der Waals surface area contributed by atoms with Crippen molar-refractivity contribution in [1.82, 2.24) is 0 Å². The molecule has 10 heteroatoms. The van der Waals surface area contributed by atoms with Gasteiger partial charge in [0.05, 0.1) is 6.61 Å². The molecule has 8 nitrogen and oxygen atoms in total. The summed E-state index contributed by atoms with van der Waals surface area (Å²) in [5, 5.41) is 0. The summed E-state index contributed by atoms with van der Waals surface area (Å²) >= 11 is 0. The van der Waals surface area contributed by atoms with E-state index in [0.29, 0.717) is 0 Å². The Labute approximate surface area is 115 Å². The van der Waals surface area contributed by atoms with Gasteiger partial charge in [-0.1, -0.05) is 6.58 Å². The Hall–Kier alpha value is -0.0988. The fourth-order valence-electron chi connectivity index (χ4n) is 0.591. The first-order chi connectivity index (χ1) is 5.83. The van der Waals surface area contributed by atoms with Crippen molar-refractivity contribution in [1.29, 1.82) is 0 Å². The fourth-order valence-corrected chi connectivity index (χ4v) is 1.20. The zero-order valence-electron chi connectivity index (χ0n) is 9.29. The standard InChI is InChI=1S/C7H13O5Si.3H2O.Ti/c1-6(2)7(8)12-4-3-5-13(9,10)11;;;;/h9-10H,1,3-5H2,2H3;3*1H2;/q-1;;;;+4/p-3. The van der Waals surface area contributed by atoms with Crippen LogP contribution in [0.5, 0.6) is 0 Å². The van der Waals surface area contributed by atoms with Gasteiger partial charge in [-0.15, -0.1) is 0 Å². The van der Waals surface area contributed by atoms with Crippen molar-refractivity contribution in [2.24, 2.45) is 0 Å². The summed E-state index contributed by atoms with van der Waals surface area (Å²) in [5.74, 6) is -0.533. The van der Waals surface area contributed by atoms with E-state index in [0.717, 1.165) is 0 Å². The van der Waals surface area contributed by atoms with E-state index in [9.17, 15) is 9.59 Å². The van der Waals surface area contributed by atoms with Crippen molar-refractivity contribution in [3.63, 3.8) is 0 Å². The van der Waals surface area contributed by atoms with E-state index in [1.54, 1.807) is 0 Å². The van der Waals surface area contributed by atoms with E-state index < -0.39 is 14.8 Å². The maximum absolute atomic E-state index is 10.8. The molecular weight excluding hydrogens is 288 g/mol. The number of esters is 1. The number of carbonyl (C=O) groups excluding carboxylic acids is 1. The van der Waals surface area contributed by atoms with Crippen LogP contribution in [0.1, 0.15) is 13.3 Å². The Morgan fingerprint density at radius 2 is 1.76 bits per heavy atom. The molecule has 0 aliphatic carbocycles. The van der Waals surface area contributed by atoms with Crippen LogP contribution in [0.4, 0.5) is 0 Å². The molecule has 0 aromatic carbocycles. The number of ether oxygens (including phenoxy) is 1. The molecule has 0 heterocycles. The molecule has 0 saturated heterocycles. The minimum Gasteiger partial charge on any atom is -0.870 e. The summed E-state index contributed by atoms with van der Waals surface area (Å²) in [6.45, 7) is 4.88. The van der Waals surface area contributed by atoms with Gasteiger partial charge < -0.3 is 35.6 Å². The first kappa shape index (κ1) is 30.2. The number of carbonyl (C=O) groups is 1. The third-order valence-corrected chi connectivity index (χ3v) is 2.23. The summed E-state index contributed by atoms with van der Waals surface area (Å²) < 4.78 is 4.62. The second kappa shape index (κ2) is 14.0. The topological polar surface area (TPSA) is 180 Å². The largest absolute Gasteiger partial charge is 4.00 e. The first-order valence-corrected chi connectivity index (χ1v) is 5.82. The summed E-state index contributed by atoms with van der Waals surface area (Å²) in [5.41, 5.74) is 0.277. The van der Waals surface area contributed by atoms with Crippen LogP contribution in [0.3, 0.4) is 0 Å². The zero-order valence-corrected chi connectivity index (χ0v) is 11.9. The molecule has 0 radical (unpaired) electrons. The Kier molecular flexibility index (Phi) is 24.8. The van der Waals surface area contributed by atoms with Crippen molar-refractivity contribution in [3.05, 3.63) is 12.2 Å². The number of rotatable bonds is 5. The second-order valence-electron chi connectivity index (χ2n) is 2.76. The normalized spacial score (nSPS) is 8.47. The van der Waals surface area contributed by atoms with E-state index in [1.807, 2.05) is 0 Å². The van der Waals surface area contributed by atoms with Gasteiger partial charge >= 0.3 is 27.7 Å². The van der Waals surface area contributed by atoms with E-state index >= 15 is 0 Å². The SMILES string of the molecule is C=C(C)C(=O)OCCC[Si]([O-])(O)O.[OH-].[OH-].[OH-].[Ti+4]. The summed E-state index contributed by atoms with van der Waals surface area (Å²) in [6, 6.07) is -0.240. The Balaban J connectivity index is -0.000000120. The predicted octanol–water partition coefficient (Wildman–Crippen LogP) is -1.75. The summed E-state index contributed by atoms with van der Waals surface area (Å²) in [7, 11) is -4.22. The molecule has 0 atom stereocenters. The van der Waals surface area contributed by atoms with E-state index in [4.69, 9.17) is 9.59 Å². The molecule has 100 valence electrons. The van der Waals surface area contributed by atoms with Crippen LogP contribution in [0.25, 0.3) is 0 Å². The van der Waals surface area contributed by atoms with Gasteiger partial charge in [0.15, 0.2) is 0 Å². The summed E-state index contributed by atoms with van der Waals surface area (Å²) in [6.07, 6.45) is 0.168. The summed E-state index contributed by atoms with van der Waals surface area (Å²) in [4.78, 5) is 38.1. The van der Waals surface area contributed by atoms with Crippen molar-refractivity contribution in [2.75, 3.05) is 6.61 Å². The van der Waals surface area contributed by atoms with Crippen molar-refractivity contribution in [2.45, 2.75) is 19.4 Å². The van der Waals surface area contributed by atoms with Gasteiger partial charge in [-0.25, -0.2) is 4.79 Å². The number of hydrogen-bond donors (Lipinski definition) is 2. The quantitative estimate of drug-likeness (QED) is 0.259. The molecule has 0 bridgehead atoms. The molecule has 0 aliphatic heterocycles. The molecule has 0 rings (SSSR count). The van der Waals surface area contributed by atoms with Crippen molar-refractivity contribution >= 4 is 14.8 Å². The fraction of sp³-hybridized carbons (Fsp3) is 0.571. The molecule has 5 N–H and O–H groups in total. The minimum atomic E-state index is -4.22. The third kappa shape index (κ3) is 21.7. The van der Waals surface area contributed by atoms with E-state index in [-0.39, 0.29) is 62.8 Å². The third-order valence-electron chi connectivity index (χ3n) is 1.23. The van der Waals surface area contributed by atoms with Gasteiger partial charge in [0.25, 0.3) is 0 Å². The van der Waals surface area contributed by atoms with Crippen molar-refractivity contribution < 1.29 is 62.1 Å². The van der Waals surface area contributed by atoms with Crippen LogP contribution in [0, 0.1) is 0 Å². The predicted molar refractivity (Wildman–Crippen MR) is 51.2 cm³/mol. The molecule has 0 saturated carbocycles. The van der Waals surface area contributed by atoms with Crippen LogP contribution in [0.15, 0.2) is 12.2 Å². The van der Waals surface area contributed by atoms with Crippen LogP contribution in [-0.4, -0.2) is 47.4 Å². The van der Waals surface area contributed by atoms with Crippen LogP contribution < -0.4 is 4.80 Å². The van der Waals surface area contributed by atoms with Gasteiger partial charge in [-0.3, -0.25) is 0 Å². The maximum atomic E-state index is 10.8. The van der Waals surface area contributed by atoms with Gasteiger partial charge in [0.2, 0.25) is 8.80 Å². The van der Waals surface area contributed by atoms with Crippen molar-refractivity contribution in [3.8, 4) is 0 Å². The van der Waals surface area contributed by atoms with E-state index in [1.165, 1.54) is 6.92 Å². The molecule has 0 aliphatic rings. The first-order valence-electron chi connectivity index (χ1n) is 3.81. The maximum Gasteiger partial charge on any atom is 4.00 e. The molecule has 0 aromatic heterocycles. The van der Waals surface area contributed by atoms with Gasteiger partial charge in [0.1, 0.15) is 0 Å². The molecule has 17 heavy (non-hydrogen) atoms. The zero-order chi connectivity index (χ0) is 10.5. The average molecular weight is 304 g/mol. The second-order valence-corrected chi connectivity index (χ2v) is 4.75. The molecular formula is C7H16O8SiTi. The Morgan fingerprint density at radius 1 is 1.35 bits per heavy atom. The molecule has 0 aromatic rings. The van der Waals surface area contributed by atoms with Crippen LogP contribution in [-0.2, 0) is 31.2 Å². The van der Waals surface area contributed by atoms with Gasteiger partial charge in [-0.05, 0) is 19.4 Å². The van der Waals surface area contributed by atoms with Crippen LogP contribution in [0.2, 0.25) is 6.04 Å². The Morgan fingerprint density at radius 3 is 2.06 bits per heavy atom. The molecule has 0 spiro atoms. The number of hydrogen-bond acceptors (Lipinski definition) is 8. The molecule has 0 fully saturated rings. The monoisotopic (exact) mass is 304 g/mol. The average Bonchev–Trinajstić information content (AvgIpc) is 1.95. The molecule has 0 unspecified atom stereocenters.